The molecule has 3 nitrogen and oxygen atoms in total. The molecule has 3 aliphatic rings. The summed E-state index contributed by atoms with van der Waals surface area (Å²) in [6.45, 7) is 2.28. The number of furan rings is 1. The Morgan fingerprint density at radius 1 is 0.411 bits per heavy atom. The average molecular weight is 947 g/mol. The maximum atomic E-state index is 6.50. The molecule has 2 saturated carbocycles. The van der Waals surface area contributed by atoms with Gasteiger partial charge in [0.1, 0.15) is 11.2 Å². The SMILES string of the molecule is CCCCC1CCC1.c1cc(-c2ccc3c(c2)-c2cc(-n4c5ccccc5c5ccccc54)ccc2C3)cc(-c2ccc3oc4ccc(-n5c6ccccc6c6cc(CCCC7CCC7)ccc65)cc4c3c2)c1. The zero-order valence-corrected chi connectivity index (χ0v) is 42.0. The van der Waals surface area contributed by atoms with Gasteiger partial charge in [-0.1, -0.05) is 174 Å². The van der Waals surface area contributed by atoms with Crippen molar-refractivity contribution in [1.82, 2.24) is 9.13 Å². The van der Waals surface area contributed by atoms with E-state index in [1.54, 1.807) is 0 Å². The molecule has 73 heavy (non-hydrogen) atoms. The lowest BCUT2D eigenvalue weighted by molar-refractivity contribution is 0.289. The molecular weight excluding hydrogens is 885 g/mol. The van der Waals surface area contributed by atoms with Crippen molar-refractivity contribution in [2.24, 2.45) is 11.8 Å². The summed E-state index contributed by atoms with van der Waals surface area (Å²) in [5.74, 6) is 2.09. The standard InChI is InChI=1S/C62H46N2O.C8H16/c1-4-19-57-49(16-1)50-17-2-5-20-58(50)63(57)47-27-25-46-34-45-24-23-43(35-52(45)53(46)37-47)41-14-9-15-42(33-41)44-26-30-61-55(36-44)56-38-48(28-31-62(56)65-61)64-59-21-6-3-18-51(59)54-32-40(22-29-60(54)64)13-8-12-39-10-7-11-39;1-2-3-5-8-6-4-7-8/h1-6,9,14-33,35-39H,7-8,10-13,34H2;8H,2-7H2,1H3. The molecule has 15 rings (SSSR count). The second-order valence-electron chi connectivity index (χ2n) is 21.7. The maximum Gasteiger partial charge on any atom is 0.135 e. The van der Waals surface area contributed by atoms with Crippen LogP contribution in [-0.4, -0.2) is 9.13 Å². The van der Waals surface area contributed by atoms with E-state index < -0.39 is 0 Å². The largest absolute Gasteiger partial charge is 0.456 e. The van der Waals surface area contributed by atoms with E-state index in [-0.39, 0.29) is 0 Å². The molecule has 3 heteroatoms. The fourth-order valence-electron chi connectivity index (χ4n) is 12.7. The minimum atomic E-state index is 0.906. The lowest BCUT2D eigenvalue weighted by atomic mass is 9.81. The van der Waals surface area contributed by atoms with E-state index >= 15 is 0 Å². The summed E-state index contributed by atoms with van der Waals surface area (Å²) in [6, 6.07) is 70.1. The Kier molecular flexibility index (Phi) is 11.2. The third kappa shape index (κ3) is 7.87. The van der Waals surface area contributed by atoms with E-state index in [0.29, 0.717) is 0 Å². The smallest absolute Gasteiger partial charge is 0.135 e. The second kappa shape index (κ2) is 18.5. The van der Waals surface area contributed by atoms with Gasteiger partial charge in [0.15, 0.2) is 0 Å². The molecule has 0 spiro atoms. The van der Waals surface area contributed by atoms with Crippen LogP contribution in [-0.2, 0) is 12.8 Å². The van der Waals surface area contributed by atoms with Crippen LogP contribution in [0.15, 0.2) is 192 Å². The zero-order valence-electron chi connectivity index (χ0n) is 42.0. The molecule has 0 bridgehead atoms. The Balaban J connectivity index is 0.000000566. The van der Waals surface area contributed by atoms with Crippen LogP contribution >= 0.6 is 0 Å². The summed E-state index contributed by atoms with van der Waals surface area (Å²) in [5, 5.41) is 7.47. The first-order chi connectivity index (χ1) is 36.1. The quantitative estimate of drug-likeness (QED) is 0.127. The molecule has 3 heterocycles. The highest BCUT2D eigenvalue weighted by Gasteiger charge is 2.23. The number of aryl methyl sites for hydroxylation is 1. The van der Waals surface area contributed by atoms with Crippen LogP contribution in [0.5, 0.6) is 0 Å². The number of hydrogen-bond acceptors (Lipinski definition) is 1. The molecule has 0 atom stereocenters. The first kappa shape index (κ1) is 44.1. The first-order valence-electron chi connectivity index (χ1n) is 27.5. The third-order valence-corrected chi connectivity index (χ3v) is 17.2. The summed E-state index contributed by atoms with van der Waals surface area (Å²) in [7, 11) is 0. The Morgan fingerprint density at radius 3 is 1.59 bits per heavy atom. The van der Waals surface area contributed by atoms with Crippen molar-refractivity contribution in [2.75, 3.05) is 0 Å². The highest BCUT2D eigenvalue weighted by molar-refractivity contribution is 6.12. The molecule has 358 valence electrons. The van der Waals surface area contributed by atoms with Gasteiger partial charge in [0.05, 0.1) is 22.1 Å². The zero-order chi connectivity index (χ0) is 48.4. The molecule has 0 unspecified atom stereocenters. The van der Waals surface area contributed by atoms with Crippen molar-refractivity contribution >= 4 is 65.6 Å². The Hall–Kier alpha value is -7.62. The van der Waals surface area contributed by atoms with Crippen LogP contribution in [0.4, 0.5) is 0 Å². The third-order valence-electron chi connectivity index (χ3n) is 17.2. The second-order valence-corrected chi connectivity index (χ2v) is 21.7. The van der Waals surface area contributed by atoms with Crippen molar-refractivity contribution in [3.8, 4) is 44.8 Å². The van der Waals surface area contributed by atoms with E-state index in [1.165, 1.54) is 170 Å². The predicted molar refractivity (Wildman–Crippen MR) is 309 cm³/mol. The fourth-order valence-corrected chi connectivity index (χ4v) is 12.7. The normalized spacial score (nSPS) is 14.5. The maximum absolute atomic E-state index is 6.50. The summed E-state index contributed by atoms with van der Waals surface area (Å²) >= 11 is 0. The molecule has 3 aromatic heterocycles. The number of para-hydroxylation sites is 3. The van der Waals surface area contributed by atoms with Crippen LogP contribution in [0.25, 0.3) is 110 Å². The van der Waals surface area contributed by atoms with Gasteiger partial charge in [-0.2, -0.15) is 0 Å². The van der Waals surface area contributed by atoms with E-state index in [2.05, 4.69) is 204 Å². The Labute approximate surface area is 428 Å². The monoisotopic (exact) mass is 946 g/mol. The Bertz CT molecular complexity index is 4000. The van der Waals surface area contributed by atoms with Gasteiger partial charge in [-0.25, -0.2) is 0 Å². The molecule has 0 saturated heterocycles. The molecule has 9 aromatic carbocycles. The van der Waals surface area contributed by atoms with Gasteiger partial charge < -0.3 is 13.6 Å². The van der Waals surface area contributed by atoms with Crippen LogP contribution in [0.3, 0.4) is 0 Å². The Morgan fingerprint density at radius 2 is 0.932 bits per heavy atom. The lowest BCUT2D eigenvalue weighted by Crippen LogP contribution is -2.10. The summed E-state index contributed by atoms with van der Waals surface area (Å²) in [5.41, 5.74) is 20.8. The number of aromatic nitrogens is 2. The van der Waals surface area contributed by atoms with Crippen molar-refractivity contribution in [3.05, 3.63) is 205 Å². The molecule has 3 aliphatic carbocycles. The molecule has 0 aliphatic heterocycles. The lowest BCUT2D eigenvalue weighted by Gasteiger charge is -2.25. The fraction of sp³-hybridized carbons (Fsp3) is 0.229. The molecule has 0 radical (unpaired) electrons. The molecule has 12 aromatic rings. The van der Waals surface area contributed by atoms with Gasteiger partial charge >= 0.3 is 0 Å². The first-order valence-corrected chi connectivity index (χ1v) is 27.5. The number of fused-ring (bicyclic) bond motifs is 12. The van der Waals surface area contributed by atoms with Gasteiger partial charge in [-0.05, 0) is 166 Å². The minimum Gasteiger partial charge on any atom is -0.456 e. The highest BCUT2D eigenvalue weighted by Crippen LogP contribution is 2.43. The minimum absolute atomic E-state index is 0.906. The van der Waals surface area contributed by atoms with E-state index in [9.17, 15) is 0 Å². The molecule has 0 N–H and O–H groups in total. The van der Waals surface area contributed by atoms with E-state index in [1.807, 2.05) is 0 Å². The van der Waals surface area contributed by atoms with Gasteiger partial charge in [-0.3, -0.25) is 0 Å². The van der Waals surface area contributed by atoms with E-state index in [0.717, 1.165) is 52.3 Å². The van der Waals surface area contributed by atoms with Crippen molar-refractivity contribution in [3.63, 3.8) is 0 Å². The number of nitrogens with zero attached hydrogens (tertiary/aromatic N) is 2. The van der Waals surface area contributed by atoms with Crippen molar-refractivity contribution < 1.29 is 4.42 Å². The van der Waals surface area contributed by atoms with Crippen LogP contribution in [0.1, 0.15) is 94.2 Å². The number of hydrogen-bond donors (Lipinski definition) is 0. The van der Waals surface area contributed by atoms with Gasteiger partial charge in [-0.15, -0.1) is 0 Å². The summed E-state index contributed by atoms with van der Waals surface area (Å²) in [4.78, 5) is 0. The molecule has 2 fully saturated rings. The van der Waals surface area contributed by atoms with Crippen LogP contribution < -0.4 is 0 Å². The number of unbranched alkanes of at least 4 members (excludes halogenated alkanes) is 1. The van der Waals surface area contributed by atoms with Gasteiger partial charge in [0, 0.05) is 43.7 Å². The predicted octanol–water partition coefficient (Wildman–Crippen LogP) is 19.8. The summed E-state index contributed by atoms with van der Waals surface area (Å²) in [6.07, 6.45) is 18.0. The van der Waals surface area contributed by atoms with Gasteiger partial charge in [0.25, 0.3) is 0 Å². The number of benzene rings is 9. The van der Waals surface area contributed by atoms with Crippen molar-refractivity contribution in [2.45, 2.75) is 90.4 Å². The highest BCUT2D eigenvalue weighted by atomic mass is 16.3. The van der Waals surface area contributed by atoms with E-state index in [4.69, 9.17) is 4.42 Å². The van der Waals surface area contributed by atoms with Crippen molar-refractivity contribution in [1.29, 1.82) is 0 Å². The molecular formula is C70H62N2O. The van der Waals surface area contributed by atoms with Gasteiger partial charge in [0.2, 0.25) is 0 Å². The van der Waals surface area contributed by atoms with Crippen LogP contribution in [0.2, 0.25) is 0 Å². The van der Waals surface area contributed by atoms with Crippen LogP contribution in [0, 0.1) is 11.8 Å². The molecule has 0 amide bonds. The topological polar surface area (TPSA) is 23.0 Å². The number of rotatable bonds is 11. The summed E-state index contributed by atoms with van der Waals surface area (Å²) < 4.78 is 11.4. The average Bonchev–Trinajstić information content (AvgIpc) is 4.16.